The van der Waals surface area contributed by atoms with Gasteiger partial charge in [0.1, 0.15) is 5.82 Å². The van der Waals surface area contributed by atoms with Crippen LogP contribution in [-0.2, 0) is 10.0 Å². The number of nitrogens with one attached hydrogen (secondary N) is 2. The first kappa shape index (κ1) is 20.3. The number of hydrogen-bond donors (Lipinski definition) is 2. The molecule has 0 spiro atoms. The fourth-order valence-corrected chi connectivity index (χ4v) is 4.56. The van der Waals surface area contributed by atoms with Crippen molar-refractivity contribution in [3.05, 3.63) is 59.9 Å². The van der Waals surface area contributed by atoms with E-state index < -0.39 is 15.8 Å². The first-order chi connectivity index (χ1) is 13.4. The molecule has 0 atom stereocenters. The number of benzene rings is 2. The third-order valence-electron chi connectivity index (χ3n) is 5.28. The third-order valence-corrected chi connectivity index (χ3v) is 6.68. The summed E-state index contributed by atoms with van der Waals surface area (Å²) >= 11 is 0. The Labute approximate surface area is 165 Å². The van der Waals surface area contributed by atoms with Gasteiger partial charge in [-0.15, -0.1) is 0 Å². The Kier molecular flexibility index (Phi) is 6.34. The molecule has 2 aromatic carbocycles. The summed E-state index contributed by atoms with van der Waals surface area (Å²) in [5.41, 5.74) is 0.826. The number of hydrogen-bond acceptors (Lipinski definition) is 3. The van der Waals surface area contributed by atoms with Crippen molar-refractivity contribution in [3.63, 3.8) is 0 Å². The Hall–Kier alpha value is -2.41. The number of anilines is 1. The van der Waals surface area contributed by atoms with Crippen LogP contribution in [0.25, 0.3) is 0 Å². The predicted molar refractivity (Wildman–Crippen MR) is 107 cm³/mol. The van der Waals surface area contributed by atoms with E-state index >= 15 is 0 Å². The van der Waals surface area contributed by atoms with Crippen LogP contribution in [-0.4, -0.2) is 20.4 Å². The third kappa shape index (κ3) is 5.10. The van der Waals surface area contributed by atoms with Gasteiger partial charge in [0.25, 0.3) is 15.9 Å². The normalized spacial score (nSPS) is 19.8. The number of carbonyl (C=O) groups is 1. The molecule has 0 aliphatic heterocycles. The number of halogens is 1. The topological polar surface area (TPSA) is 75.3 Å². The molecule has 0 saturated heterocycles. The first-order valence-corrected chi connectivity index (χ1v) is 11.0. The lowest BCUT2D eigenvalue weighted by atomic mass is 9.84. The maximum atomic E-state index is 13.0. The quantitative estimate of drug-likeness (QED) is 0.753. The van der Waals surface area contributed by atoms with Gasteiger partial charge in [-0.2, -0.15) is 0 Å². The van der Waals surface area contributed by atoms with Crippen molar-refractivity contribution in [1.29, 1.82) is 0 Å². The molecule has 1 saturated carbocycles. The van der Waals surface area contributed by atoms with Gasteiger partial charge in [0.15, 0.2) is 0 Å². The molecular formula is C21H25FN2O3S. The zero-order valence-corrected chi connectivity index (χ0v) is 16.6. The molecule has 1 amide bonds. The summed E-state index contributed by atoms with van der Waals surface area (Å²) in [4.78, 5) is 12.4. The smallest absolute Gasteiger partial charge is 0.261 e. The highest BCUT2D eigenvalue weighted by Crippen LogP contribution is 2.26. The SMILES string of the molecule is CCC1CCC(NC(=O)c2ccc(NS(=O)(=O)c3ccc(F)cc3)cc2)CC1. The Bertz CT molecular complexity index is 904. The molecule has 2 aromatic rings. The van der Waals surface area contributed by atoms with Crippen LogP contribution in [0.4, 0.5) is 10.1 Å². The number of sulfonamides is 1. The highest BCUT2D eigenvalue weighted by Gasteiger charge is 2.22. The summed E-state index contributed by atoms with van der Waals surface area (Å²) in [6.07, 6.45) is 5.48. The van der Waals surface area contributed by atoms with Crippen LogP contribution in [0.2, 0.25) is 0 Å². The summed E-state index contributed by atoms with van der Waals surface area (Å²) in [6.45, 7) is 2.20. The van der Waals surface area contributed by atoms with Gasteiger partial charge in [-0.1, -0.05) is 13.3 Å². The second-order valence-electron chi connectivity index (χ2n) is 7.24. The van der Waals surface area contributed by atoms with Crippen molar-refractivity contribution in [2.45, 2.75) is 50.0 Å². The predicted octanol–water partition coefficient (Wildman–Crippen LogP) is 4.33. The average molecular weight is 405 g/mol. The molecule has 0 bridgehead atoms. The van der Waals surface area contributed by atoms with Crippen LogP contribution in [0.1, 0.15) is 49.4 Å². The lowest BCUT2D eigenvalue weighted by Crippen LogP contribution is -2.37. The van der Waals surface area contributed by atoms with E-state index in [0.29, 0.717) is 11.3 Å². The largest absolute Gasteiger partial charge is 0.349 e. The molecular weight excluding hydrogens is 379 g/mol. The highest BCUT2D eigenvalue weighted by atomic mass is 32.2. The van der Waals surface area contributed by atoms with E-state index in [2.05, 4.69) is 17.0 Å². The van der Waals surface area contributed by atoms with Crippen LogP contribution < -0.4 is 10.0 Å². The molecule has 3 rings (SSSR count). The minimum atomic E-state index is -3.81. The monoisotopic (exact) mass is 404 g/mol. The maximum Gasteiger partial charge on any atom is 0.261 e. The van der Waals surface area contributed by atoms with Crippen molar-refractivity contribution < 1.29 is 17.6 Å². The molecule has 0 heterocycles. The molecule has 1 fully saturated rings. The van der Waals surface area contributed by atoms with E-state index in [4.69, 9.17) is 0 Å². The van der Waals surface area contributed by atoms with Crippen molar-refractivity contribution in [1.82, 2.24) is 5.32 Å². The summed E-state index contributed by atoms with van der Waals surface area (Å²) in [7, 11) is -3.81. The van der Waals surface area contributed by atoms with Gasteiger partial charge in [-0.05, 0) is 80.1 Å². The molecule has 0 radical (unpaired) electrons. The molecule has 28 heavy (non-hydrogen) atoms. The van der Waals surface area contributed by atoms with Gasteiger partial charge < -0.3 is 5.32 Å². The van der Waals surface area contributed by atoms with Crippen molar-refractivity contribution in [2.75, 3.05) is 4.72 Å². The average Bonchev–Trinajstić information content (AvgIpc) is 2.69. The van der Waals surface area contributed by atoms with E-state index in [1.165, 1.54) is 18.6 Å². The molecule has 0 unspecified atom stereocenters. The van der Waals surface area contributed by atoms with E-state index in [1.807, 2.05) is 0 Å². The Morgan fingerprint density at radius 2 is 1.61 bits per heavy atom. The van der Waals surface area contributed by atoms with Crippen molar-refractivity contribution >= 4 is 21.6 Å². The van der Waals surface area contributed by atoms with Gasteiger partial charge in [-0.25, -0.2) is 12.8 Å². The van der Waals surface area contributed by atoms with Gasteiger partial charge >= 0.3 is 0 Å². The molecule has 150 valence electrons. The first-order valence-electron chi connectivity index (χ1n) is 9.56. The zero-order valence-electron chi connectivity index (χ0n) is 15.8. The fourth-order valence-electron chi connectivity index (χ4n) is 3.50. The Balaban J connectivity index is 1.60. The minimum Gasteiger partial charge on any atom is -0.349 e. The molecule has 5 nitrogen and oxygen atoms in total. The lowest BCUT2D eigenvalue weighted by Gasteiger charge is -2.28. The highest BCUT2D eigenvalue weighted by molar-refractivity contribution is 7.92. The van der Waals surface area contributed by atoms with E-state index in [1.54, 1.807) is 24.3 Å². The summed E-state index contributed by atoms with van der Waals surface area (Å²) in [5, 5.41) is 3.07. The number of carbonyl (C=O) groups excluding carboxylic acids is 1. The van der Waals surface area contributed by atoms with Gasteiger partial charge in [-0.3, -0.25) is 9.52 Å². The Morgan fingerprint density at radius 1 is 1.00 bits per heavy atom. The number of amides is 1. The van der Waals surface area contributed by atoms with Crippen molar-refractivity contribution in [3.8, 4) is 0 Å². The summed E-state index contributed by atoms with van der Waals surface area (Å²) in [5.74, 6) is 0.118. The molecule has 1 aliphatic carbocycles. The minimum absolute atomic E-state index is 0.0293. The second-order valence-corrected chi connectivity index (χ2v) is 8.92. The summed E-state index contributed by atoms with van der Waals surface area (Å²) in [6, 6.07) is 11.1. The van der Waals surface area contributed by atoms with Crippen LogP contribution in [0.3, 0.4) is 0 Å². The maximum absolute atomic E-state index is 13.0. The van der Waals surface area contributed by atoms with Crippen LogP contribution in [0, 0.1) is 11.7 Å². The fraction of sp³-hybridized carbons (Fsp3) is 0.381. The second kappa shape index (κ2) is 8.73. The van der Waals surface area contributed by atoms with Gasteiger partial charge in [0, 0.05) is 17.3 Å². The van der Waals surface area contributed by atoms with Crippen LogP contribution in [0.5, 0.6) is 0 Å². The van der Waals surface area contributed by atoms with Crippen molar-refractivity contribution in [2.24, 2.45) is 5.92 Å². The van der Waals surface area contributed by atoms with Gasteiger partial charge in [0.05, 0.1) is 4.90 Å². The molecule has 7 heteroatoms. The lowest BCUT2D eigenvalue weighted by molar-refractivity contribution is 0.0921. The Morgan fingerprint density at radius 3 is 2.18 bits per heavy atom. The summed E-state index contributed by atoms with van der Waals surface area (Å²) < 4.78 is 40.1. The van der Waals surface area contributed by atoms with Crippen LogP contribution >= 0.6 is 0 Å². The van der Waals surface area contributed by atoms with E-state index in [0.717, 1.165) is 43.7 Å². The number of rotatable bonds is 6. The van der Waals surface area contributed by atoms with Gasteiger partial charge in [0.2, 0.25) is 0 Å². The van der Waals surface area contributed by atoms with Crippen LogP contribution in [0.15, 0.2) is 53.4 Å². The van der Waals surface area contributed by atoms with E-state index in [-0.39, 0.29) is 16.8 Å². The zero-order chi connectivity index (χ0) is 20.1. The molecule has 1 aliphatic rings. The molecule has 2 N–H and O–H groups in total. The molecule has 0 aromatic heterocycles. The van der Waals surface area contributed by atoms with E-state index in [9.17, 15) is 17.6 Å². The standard InChI is InChI=1S/C21H25FN2O3S/c1-2-15-3-9-18(10-4-15)23-21(25)16-5-11-19(12-6-16)24-28(26,27)20-13-7-17(22)8-14-20/h5-8,11-15,18,24H,2-4,9-10H2,1H3,(H,23,25).